The topological polar surface area (TPSA) is 88.5 Å². The minimum absolute atomic E-state index is 0.222. The van der Waals surface area contributed by atoms with E-state index >= 15 is 0 Å². The molecule has 7 heteroatoms. The van der Waals surface area contributed by atoms with Gasteiger partial charge in [0.1, 0.15) is 5.69 Å². The standard InChI is InChI=1S/C12H13ClN2O4/c13-7-3-4-14-9(5-7)11(16)15-6-8-1-2-10(19-8)12(17)18/h3-5,8,10H,1-2,6H2,(H,15,16)(H,17,18). The van der Waals surface area contributed by atoms with E-state index in [1.54, 1.807) is 6.07 Å². The first kappa shape index (κ1) is 13.8. The van der Waals surface area contributed by atoms with Crippen LogP contribution < -0.4 is 5.32 Å². The number of nitrogens with one attached hydrogen (secondary N) is 1. The normalized spacial score (nSPS) is 22.2. The average molecular weight is 285 g/mol. The Labute approximate surface area is 114 Å². The second kappa shape index (κ2) is 5.99. The van der Waals surface area contributed by atoms with Crippen LogP contribution in [-0.2, 0) is 9.53 Å². The molecule has 0 spiro atoms. The van der Waals surface area contributed by atoms with E-state index in [0.717, 1.165) is 0 Å². The maximum atomic E-state index is 11.8. The number of aromatic nitrogens is 1. The van der Waals surface area contributed by atoms with Crippen molar-refractivity contribution in [2.45, 2.75) is 25.0 Å². The molecule has 0 aromatic carbocycles. The Morgan fingerprint density at radius 1 is 1.53 bits per heavy atom. The zero-order valence-corrected chi connectivity index (χ0v) is 10.8. The van der Waals surface area contributed by atoms with Crippen LogP contribution in [0.2, 0.25) is 5.02 Å². The van der Waals surface area contributed by atoms with Crippen LogP contribution in [0.15, 0.2) is 18.3 Å². The van der Waals surface area contributed by atoms with Crippen LogP contribution in [0.25, 0.3) is 0 Å². The Hall–Kier alpha value is -1.66. The molecular formula is C12H13ClN2O4. The van der Waals surface area contributed by atoms with Gasteiger partial charge in [0.2, 0.25) is 0 Å². The monoisotopic (exact) mass is 284 g/mol. The number of amides is 1. The maximum absolute atomic E-state index is 11.8. The Bertz CT molecular complexity index is 494. The SMILES string of the molecule is O=C(NCC1CCC(C(=O)O)O1)c1cc(Cl)ccn1. The fraction of sp³-hybridized carbons (Fsp3) is 0.417. The molecule has 1 aromatic heterocycles. The lowest BCUT2D eigenvalue weighted by atomic mass is 10.2. The summed E-state index contributed by atoms with van der Waals surface area (Å²) < 4.78 is 5.27. The highest BCUT2D eigenvalue weighted by molar-refractivity contribution is 6.30. The molecule has 2 N–H and O–H groups in total. The molecule has 1 aliphatic heterocycles. The lowest BCUT2D eigenvalue weighted by Gasteiger charge is -2.12. The first-order chi connectivity index (χ1) is 9.06. The fourth-order valence-corrected chi connectivity index (χ4v) is 2.02. The molecule has 2 atom stereocenters. The Kier molecular flexibility index (Phi) is 4.34. The number of nitrogens with zero attached hydrogens (tertiary/aromatic N) is 1. The van der Waals surface area contributed by atoms with Gasteiger partial charge < -0.3 is 15.2 Å². The van der Waals surface area contributed by atoms with E-state index in [0.29, 0.717) is 17.9 Å². The summed E-state index contributed by atoms with van der Waals surface area (Å²) in [5, 5.41) is 11.9. The summed E-state index contributed by atoms with van der Waals surface area (Å²) in [6.45, 7) is 0.261. The van der Waals surface area contributed by atoms with E-state index in [4.69, 9.17) is 21.4 Å². The number of rotatable bonds is 4. The summed E-state index contributed by atoms with van der Waals surface area (Å²) in [6.07, 6.45) is 1.48. The van der Waals surface area contributed by atoms with E-state index in [1.807, 2.05) is 0 Å². The van der Waals surface area contributed by atoms with Crippen molar-refractivity contribution < 1.29 is 19.4 Å². The third-order valence-electron chi connectivity index (χ3n) is 2.83. The van der Waals surface area contributed by atoms with Crippen LogP contribution in [0.4, 0.5) is 0 Å². The molecule has 2 heterocycles. The van der Waals surface area contributed by atoms with E-state index in [2.05, 4.69) is 10.3 Å². The molecule has 0 radical (unpaired) electrons. The predicted octanol–water partition coefficient (Wildman–Crippen LogP) is 1.10. The average Bonchev–Trinajstić information content (AvgIpc) is 2.85. The molecule has 1 fully saturated rings. The van der Waals surface area contributed by atoms with Crippen molar-refractivity contribution in [2.24, 2.45) is 0 Å². The van der Waals surface area contributed by atoms with Gasteiger partial charge in [-0.2, -0.15) is 0 Å². The highest BCUT2D eigenvalue weighted by atomic mass is 35.5. The molecule has 19 heavy (non-hydrogen) atoms. The largest absolute Gasteiger partial charge is 0.479 e. The van der Waals surface area contributed by atoms with Crippen molar-refractivity contribution >= 4 is 23.5 Å². The van der Waals surface area contributed by atoms with Gasteiger partial charge in [0.05, 0.1) is 6.10 Å². The molecular weight excluding hydrogens is 272 g/mol. The highest BCUT2D eigenvalue weighted by Gasteiger charge is 2.30. The molecule has 1 aromatic rings. The number of carboxylic acid groups (broad SMARTS) is 1. The van der Waals surface area contributed by atoms with Crippen molar-refractivity contribution in [1.82, 2.24) is 10.3 Å². The Morgan fingerprint density at radius 2 is 2.32 bits per heavy atom. The van der Waals surface area contributed by atoms with Crippen LogP contribution in [-0.4, -0.2) is 40.7 Å². The number of ether oxygens (including phenoxy) is 1. The molecule has 6 nitrogen and oxygen atoms in total. The van der Waals surface area contributed by atoms with Crippen molar-refractivity contribution in [2.75, 3.05) is 6.54 Å². The summed E-state index contributed by atoms with van der Waals surface area (Å²) in [4.78, 5) is 26.4. The number of halogens is 1. The number of carbonyl (C=O) groups excluding carboxylic acids is 1. The molecule has 2 rings (SSSR count). The Morgan fingerprint density at radius 3 is 2.95 bits per heavy atom. The Balaban J connectivity index is 1.83. The number of carbonyl (C=O) groups is 2. The van der Waals surface area contributed by atoms with Gasteiger partial charge in [-0.15, -0.1) is 0 Å². The lowest BCUT2D eigenvalue weighted by Crippen LogP contribution is -2.33. The second-order valence-electron chi connectivity index (χ2n) is 4.23. The summed E-state index contributed by atoms with van der Waals surface area (Å²) in [6, 6.07) is 3.04. The number of carboxylic acids is 1. The molecule has 102 valence electrons. The molecule has 2 unspecified atom stereocenters. The molecule has 0 bridgehead atoms. The first-order valence-corrected chi connectivity index (χ1v) is 6.22. The van der Waals surface area contributed by atoms with Gasteiger partial charge in [-0.25, -0.2) is 4.79 Å². The number of hydrogen-bond acceptors (Lipinski definition) is 4. The van der Waals surface area contributed by atoms with Gasteiger partial charge in [0.15, 0.2) is 6.10 Å². The third kappa shape index (κ3) is 3.65. The van der Waals surface area contributed by atoms with Crippen molar-refractivity contribution in [3.63, 3.8) is 0 Å². The third-order valence-corrected chi connectivity index (χ3v) is 3.06. The first-order valence-electron chi connectivity index (χ1n) is 5.84. The summed E-state index contributed by atoms with van der Waals surface area (Å²) >= 11 is 5.76. The quantitative estimate of drug-likeness (QED) is 0.864. The van der Waals surface area contributed by atoms with Crippen LogP contribution in [0.1, 0.15) is 23.3 Å². The van der Waals surface area contributed by atoms with Crippen LogP contribution in [0.3, 0.4) is 0 Å². The molecule has 1 amide bonds. The van der Waals surface area contributed by atoms with Crippen LogP contribution in [0, 0.1) is 0 Å². The van der Waals surface area contributed by atoms with Gasteiger partial charge in [0.25, 0.3) is 5.91 Å². The minimum Gasteiger partial charge on any atom is -0.479 e. The zero-order valence-electron chi connectivity index (χ0n) is 10.0. The van der Waals surface area contributed by atoms with Crippen LogP contribution >= 0.6 is 11.6 Å². The van der Waals surface area contributed by atoms with Gasteiger partial charge >= 0.3 is 5.97 Å². The van der Waals surface area contributed by atoms with E-state index in [9.17, 15) is 9.59 Å². The van der Waals surface area contributed by atoms with Gasteiger partial charge in [-0.1, -0.05) is 11.6 Å². The van der Waals surface area contributed by atoms with E-state index in [1.165, 1.54) is 12.3 Å². The molecule has 0 saturated carbocycles. The molecule has 0 aliphatic carbocycles. The van der Waals surface area contributed by atoms with Gasteiger partial charge in [-0.3, -0.25) is 9.78 Å². The van der Waals surface area contributed by atoms with Crippen molar-refractivity contribution in [3.8, 4) is 0 Å². The summed E-state index contributed by atoms with van der Waals surface area (Å²) in [5.41, 5.74) is 0.222. The fourth-order valence-electron chi connectivity index (χ4n) is 1.86. The number of aliphatic carboxylic acids is 1. The maximum Gasteiger partial charge on any atom is 0.332 e. The molecule has 1 saturated heterocycles. The van der Waals surface area contributed by atoms with Gasteiger partial charge in [-0.05, 0) is 25.0 Å². The van der Waals surface area contributed by atoms with Crippen LogP contribution in [0.5, 0.6) is 0 Å². The molecule has 1 aliphatic rings. The summed E-state index contributed by atoms with van der Waals surface area (Å²) in [7, 11) is 0. The smallest absolute Gasteiger partial charge is 0.332 e. The predicted molar refractivity (Wildman–Crippen MR) is 67.1 cm³/mol. The minimum atomic E-state index is -0.967. The zero-order chi connectivity index (χ0) is 13.8. The van der Waals surface area contributed by atoms with E-state index < -0.39 is 12.1 Å². The number of pyridine rings is 1. The highest BCUT2D eigenvalue weighted by Crippen LogP contribution is 2.19. The summed E-state index contributed by atoms with van der Waals surface area (Å²) in [5.74, 6) is -1.32. The lowest BCUT2D eigenvalue weighted by molar-refractivity contribution is -0.149. The van der Waals surface area contributed by atoms with E-state index in [-0.39, 0.29) is 24.2 Å². The van der Waals surface area contributed by atoms with Crippen molar-refractivity contribution in [3.05, 3.63) is 29.0 Å². The number of hydrogen-bond donors (Lipinski definition) is 2. The van der Waals surface area contributed by atoms with Crippen molar-refractivity contribution in [1.29, 1.82) is 0 Å². The second-order valence-corrected chi connectivity index (χ2v) is 4.67. The van der Waals surface area contributed by atoms with Gasteiger partial charge in [0, 0.05) is 17.8 Å².